The second-order valence-electron chi connectivity index (χ2n) is 1.38. The van der Waals surface area contributed by atoms with Crippen LogP contribution in [0.15, 0.2) is 18.2 Å². The molecule has 0 spiro atoms. The predicted molar refractivity (Wildman–Crippen MR) is 30.7 cm³/mol. The highest BCUT2D eigenvalue weighted by Gasteiger charge is 1.93. The Kier molecular flexibility index (Phi) is 1.85. The monoisotopic (exact) mass is 147 g/mol. The van der Waals surface area contributed by atoms with Gasteiger partial charge >= 0.3 is 0 Å². The van der Waals surface area contributed by atoms with Crippen LogP contribution in [0.1, 0.15) is 0 Å². The molecule has 0 fully saturated rings. The molecule has 0 aliphatic carbocycles. The molecule has 4 heteroatoms. The number of aromatic nitrogens is 1. The Labute approximate surface area is 56.4 Å². The average Bonchev–Trinajstić information content (AvgIpc) is 1.88. The summed E-state index contributed by atoms with van der Waals surface area (Å²) in [5, 5.41) is 0. The Balaban J connectivity index is 2.94. The summed E-state index contributed by atoms with van der Waals surface area (Å²) < 4.78 is 16.2. The lowest BCUT2D eigenvalue weighted by molar-refractivity contribution is 0.530. The second kappa shape index (κ2) is 2.64. The largest absolute Gasteiger partial charge is 0.365 e. The first kappa shape index (κ1) is 6.29. The van der Waals surface area contributed by atoms with Gasteiger partial charge in [0.05, 0.1) is 0 Å². The third-order valence-electron chi connectivity index (χ3n) is 0.769. The lowest BCUT2D eigenvalue weighted by Gasteiger charge is -1.90. The number of hydrogen-bond donors (Lipinski definition) is 0. The highest BCUT2D eigenvalue weighted by molar-refractivity contribution is 6.08. The summed E-state index contributed by atoms with van der Waals surface area (Å²) in [5.41, 5.74) is 0. The molecule has 0 amide bonds. The maximum absolute atomic E-state index is 12.1. The second-order valence-corrected chi connectivity index (χ2v) is 1.53. The molecule has 2 nitrogen and oxygen atoms in total. The zero-order valence-corrected chi connectivity index (χ0v) is 5.10. The summed E-state index contributed by atoms with van der Waals surface area (Å²) in [6, 6.07) is 4.12. The highest BCUT2D eigenvalue weighted by Crippen LogP contribution is 2.06. The van der Waals surface area contributed by atoms with E-state index >= 15 is 0 Å². The maximum Gasteiger partial charge on any atom is 0.239 e. The van der Waals surface area contributed by atoms with Gasteiger partial charge in [0.2, 0.25) is 11.8 Å². The van der Waals surface area contributed by atoms with E-state index in [9.17, 15) is 4.39 Å². The van der Waals surface area contributed by atoms with E-state index in [4.69, 9.17) is 11.9 Å². The molecular weight excluding hydrogens is 145 g/mol. The molecule has 1 aromatic rings. The first-order valence-corrected chi connectivity index (χ1v) is 2.55. The van der Waals surface area contributed by atoms with Gasteiger partial charge in [-0.15, -0.1) is 0 Å². The summed E-state index contributed by atoms with van der Waals surface area (Å²) >= 11 is 4.87. The van der Waals surface area contributed by atoms with Crippen molar-refractivity contribution >= 4 is 11.9 Å². The lowest BCUT2D eigenvalue weighted by Crippen LogP contribution is -1.83. The minimum atomic E-state index is -0.604. The van der Waals surface area contributed by atoms with Gasteiger partial charge in [0.1, 0.15) is 11.9 Å². The fraction of sp³-hybridized carbons (Fsp3) is 0. The Bertz CT molecular complexity index is 206. The average molecular weight is 148 g/mol. The molecule has 0 radical (unpaired) electrons. The molecule has 9 heavy (non-hydrogen) atoms. The Morgan fingerprint density at radius 3 is 2.78 bits per heavy atom. The molecule has 0 atom stereocenters. The van der Waals surface area contributed by atoms with E-state index in [1.54, 1.807) is 0 Å². The van der Waals surface area contributed by atoms with Crippen LogP contribution < -0.4 is 4.29 Å². The van der Waals surface area contributed by atoms with Gasteiger partial charge < -0.3 is 4.29 Å². The molecular formula is C5H3ClFNO. The molecule has 0 bridgehead atoms. The summed E-state index contributed by atoms with van der Waals surface area (Å²) in [7, 11) is 0. The van der Waals surface area contributed by atoms with Crippen molar-refractivity contribution in [2.75, 3.05) is 0 Å². The summed E-state index contributed by atoms with van der Waals surface area (Å²) in [4.78, 5) is 3.27. The SMILES string of the molecule is Fc1cccc(OCl)n1. The van der Waals surface area contributed by atoms with Crippen molar-refractivity contribution in [2.45, 2.75) is 0 Å². The molecule has 0 unspecified atom stereocenters. The van der Waals surface area contributed by atoms with Crippen LogP contribution in [0, 0.1) is 5.95 Å². The van der Waals surface area contributed by atoms with Crippen LogP contribution in [0.3, 0.4) is 0 Å². The fourth-order valence-electron chi connectivity index (χ4n) is 0.433. The van der Waals surface area contributed by atoms with E-state index < -0.39 is 5.95 Å². The number of halogens is 2. The number of hydrogen-bond acceptors (Lipinski definition) is 2. The third kappa shape index (κ3) is 1.54. The first-order valence-electron chi connectivity index (χ1n) is 2.24. The standard InChI is InChI=1S/C5H3ClFNO/c6-9-5-3-1-2-4(7)8-5/h1-3H. The van der Waals surface area contributed by atoms with Gasteiger partial charge in [-0.3, -0.25) is 0 Å². The van der Waals surface area contributed by atoms with Gasteiger partial charge in [-0.2, -0.15) is 9.37 Å². The normalized spacial score (nSPS) is 9.11. The smallest absolute Gasteiger partial charge is 0.239 e. The highest BCUT2D eigenvalue weighted by atomic mass is 35.5. The Morgan fingerprint density at radius 2 is 2.33 bits per heavy atom. The van der Waals surface area contributed by atoms with Crippen molar-refractivity contribution in [3.8, 4) is 5.88 Å². The van der Waals surface area contributed by atoms with Gasteiger partial charge in [0, 0.05) is 6.07 Å². The molecule has 1 aromatic heterocycles. The minimum Gasteiger partial charge on any atom is -0.365 e. The van der Waals surface area contributed by atoms with Crippen LogP contribution in [0.25, 0.3) is 0 Å². The van der Waals surface area contributed by atoms with Crippen molar-refractivity contribution in [3.63, 3.8) is 0 Å². The van der Waals surface area contributed by atoms with E-state index in [-0.39, 0.29) is 5.88 Å². The third-order valence-corrected chi connectivity index (χ3v) is 0.927. The minimum absolute atomic E-state index is 0.0664. The van der Waals surface area contributed by atoms with E-state index in [1.165, 1.54) is 18.2 Å². The molecule has 0 aliphatic heterocycles. The van der Waals surface area contributed by atoms with Crippen molar-refractivity contribution in [2.24, 2.45) is 0 Å². The Hall–Kier alpha value is -0.830. The van der Waals surface area contributed by atoms with Crippen molar-refractivity contribution in [1.82, 2.24) is 4.98 Å². The molecule has 0 aliphatic rings. The van der Waals surface area contributed by atoms with Crippen LogP contribution >= 0.6 is 11.9 Å². The molecule has 0 saturated carbocycles. The van der Waals surface area contributed by atoms with Gasteiger partial charge in [-0.25, -0.2) is 0 Å². The zero-order valence-electron chi connectivity index (χ0n) is 4.34. The van der Waals surface area contributed by atoms with E-state index in [1.807, 2.05) is 0 Å². The summed E-state index contributed by atoms with van der Waals surface area (Å²) in [6.07, 6.45) is 0. The predicted octanol–water partition coefficient (Wildman–Crippen LogP) is 1.75. The lowest BCUT2D eigenvalue weighted by atomic mass is 10.5. The van der Waals surface area contributed by atoms with Crippen molar-refractivity contribution < 1.29 is 8.68 Å². The number of nitrogens with zero attached hydrogens (tertiary/aromatic N) is 1. The van der Waals surface area contributed by atoms with Gasteiger partial charge in [-0.1, -0.05) is 6.07 Å². The van der Waals surface area contributed by atoms with Crippen molar-refractivity contribution in [3.05, 3.63) is 24.1 Å². The molecule has 0 aromatic carbocycles. The number of pyridine rings is 1. The van der Waals surface area contributed by atoms with Gasteiger partial charge in [-0.05, 0) is 6.07 Å². The fourth-order valence-corrected chi connectivity index (χ4v) is 0.519. The molecule has 1 heterocycles. The summed E-state index contributed by atoms with van der Waals surface area (Å²) in [5.74, 6) is -0.537. The maximum atomic E-state index is 12.1. The molecule has 0 N–H and O–H groups in total. The summed E-state index contributed by atoms with van der Waals surface area (Å²) in [6.45, 7) is 0. The number of rotatable bonds is 1. The quantitative estimate of drug-likeness (QED) is 0.565. The van der Waals surface area contributed by atoms with Crippen LogP contribution in [-0.2, 0) is 0 Å². The van der Waals surface area contributed by atoms with Crippen molar-refractivity contribution in [1.29, 1.82) is 0 Å². The molecule has 48 valence electrons. The molecule has 0 saturated heterocycles. The van der Waals surface area contributed by atoms with Crippen LogP contribution in [0.2, 0.25) is 0 Å². The van der Waals surface area contributed by atoms with E-state index in [0.717, 1.165) is 0 Å². The first-order chi connectivity index (χ1) is 4.33. The molecule has 1 rings (SSSR count). The van der Waals surface area contributed by atoms with Gasteiger partial charge in [0.15, 0.2) is 0 Å². The van der Waals surface area contributed by atoms with Crippen LogP contribution in [-0.4, -0.2) is 4.98 Å². The van der Waals surface area contributed by atoms with Crippen LogP contribution in [0.4, 0.5) is 4.39 Å². The zero-order chi connectivity index (χ0) is 6.69. The van der Waals surface area contributed by atoms with Gasteiger partial charge in [0.25, 0.3) is 0 Å². The van der Waals surface area contributed by atoms with E-state index in [2.05, 4.69) is 9.27 Å². The van der Waals surface area contributed by atoms with Crippen LogP contribution in [0.5, 0.6) is 5.88 Å². The van der Waals surface area contributed by atoms with E-state index in [0.29, 0.717) is 0 Å². The topological polar surface area (TPSA) is 22.1 Å². The Morgan fingerprint density at radius 1 is 1.56 bits per heavy atom.